The van der Waals surface area contributed by atoms with Crippen molar-refractivity contribution in [1.82, 2.24) is 9.47 Å². The number of aromatic nitrogens is 1. The Kier molecular flexibility index (Phi) is 4.49. The van der Waals surface area contributed by atoms with Crippen molar-refractivity contribution in [3.8, 4) is 0 Å². The van der Waals surface area contributed by atoms with Crippen LogP contribution in [0.2, 0.25) is 0 Å². The van der Waals surface area contributed by atoms with Crippen molar-refractivity contribution in [2.24, 2.45) is 7.05 Å². The van der Waals surface area contributed by atoms with Crippen LogP contribution < -0.4 is 11.1 Å². The molecular formula is C18H25N3O4. The van der Waals surface area contributed by atoms with Gasteiger partial charge in [-0.05, 0) is 45.7 Å². The zero-order valence-electron chi connectivity index (χ0n) is 15.2. The number of benzene rings is 1. The summed E-state index contributed by atoms with van der Waals surface area (Å²) < 4.78 is 12.2. The molecule has 0 bridgehead atoms. The van der Waals surface area contributed by atoms with Gasteiger partial charge in [0.1, 0.15) is 5.60 Å². The molecule has 0 saturated carbocycles. The summed E-state index contributed by atoms with van der Waals surface area (Å²) in [5.41, 5.74) is 1.69. The molecule has 25 heavy (non-hydrogen) atoms. The van der Waals surface area contributed by atoms with Gasteiger partial charge in [0.2, 0.25) is 0 Å². The lowest BCUT2D eigenvalue weighted by atomic mass is 10.1. The Labute approximate surface area is 146 Å². The summed E-state index contributed by atoms with van der Waals surface area (Å²) in [5.74, 6) is -0.374. The molecule has 1 N–H and O–H groups in total. The average molecular weight is 347 g/mol. The van der Waals surface area contributed by atoms with Gasteiger partial charge in [-0.15, -0.1) is 0 Å². The van der Waals surface area contributed by atoms with Gasteiger partial charge in [0.15, 0.2) is 5.58 Å². The third kappa shape index (κ3) is 3.97. The van der Waals surface area contributed by atoms with Crippen LogP contribution in [-0.2, 0) is 11.8 Å². The van der Waals surface area contributed by atoms with Crippen molar-refractivity contribution < 1.29 is 13.9 Å². The summed E-state index contributed by atoms with van der Waals surface area (Å²) in [6.45, 7) is 6.90. The number of carbonyl (C=O) groups excluding carboxylic acids is 1. The molecule has 1 aliphatic rings. The molecule has 136 valence electrons. The fraction of sp³-hybridized carbons (Fsp3) is 0.556. The van der Waals surface area contributed by atoms with Crippen LogP contribution in [0.15, 0.2) is 27.4 Å². The first-order valence-corrected chi connectivity index (χ1v) is 8.57. The molecule has 1 fully saturated rings. The number of anilines is 1. The molecule has 1 saturated heterocycles. The summed E-state index contributed by atoms with van der Waals surface area (Å²) in [5, 5.41) is 3.43. The molecule has 2 heterocycles. The Balaban J connectivity index is 1.68. The minimum absolute atomic E-state index is 0.133. The maximum absolute atomic E-state index is 12.3. The van der Waals surface area contributed by atoms with Crippen molar-refractivity contribution in [3.63, 3.8) is 0 Å². The first kappa shape index (κ1) is 17.4. The van der Waals surface area contributed by atoms with E-state index < -0.39 is 5.60 Å². The average Bonchev–Trinajstić information content (AvgIpc) is 2.80. The van der Waals surface area contributed by atoms with Crippen LogP contribution in [0.25, 0.3) is 11.1 Å². The second kappa shape index (κ2) is 6.46. The van der Waals surface area contributed by atoms with Crippen molar-refractivity contribution >= 4 is 22.9 Å². The number of amides is 1. The summed E-state index contributed by atoms with van der Waals surface area (Å²) >= 11 is 0. The molecule has 1 aromatic carbocycles. The van der Waals surface area contributed by atoms with Crippen LogP contribution in [0.5, 0.6) is 0 Å². The predicted octanol–water partition coefficient (Wildman–Crippen LogP) is 2.94. The van der Waals surface area contributed by atoms with E-state index in [4.69, 9.17) is 9.15 Å². The molecule has 0 radical (unpaired) electrons. The maximum Gasteiger partial charge on any atom is 0.419 e. The lowest BCUT2D eigenvalue weighted by molar-refractivity contribution is 0.0206. The number of oxazole rings is 1. The highest BCUT2D eigenvalue weighted by molar-refractivity contribution is 5.77. The molecule has 7 nitrogen and oxygen atoms in total. The number of ether oxygens (including phenoxy) is 1. The van der Waals surface area contributed by atoms with Gasteiger partial charge in [-0.25, -0.2) is 9.59 Å². The minimum Gasteiger partial charge on any atom is -0.444 e. The van der Waals surface area contributed by atoms with E-state index in [0.29, 0.717) is 18.7 Å². The zero-order valence-corrected chi connectivity index (χ0v) is 15.2. The van der Waals surface area contributed by atoms with E-state index in [9.17, 15) is 9.59 Å². The van der Waals surface area contributed by atoms with Crippen molar-refractivity contribution in [1.29, 1.82) is 0 Å². The van der Waals surface area contributed by atoms with E-state index in [1.54, 1.807) is 11.9 Å². The van der Waals surface area contributed by atoms with E-state index in [1.807, 2.05) is 39.0 Å². The highest BCUT2D eigenvalue weighted by atomic mass is 16.6. The highest BCUT2D eigenvalue weighted by Gasteiger charge is 2.27. The van der Waals surface area contributed by atoms with Crippen molar-refractivity contribution in [2.75, 3.05) is 18.4 Å². The third-order valence-corrected chi connectivity index (χ3v) is 4.24. The van der Waals surface area contributed by atoms with E-state index in [-0.39, 0.29) is 17.9 Å². The number of rotatable bonds is 2. The van der Waals surface area contributed by atoms with E-state index >= 15 is 0 Å². The topological polar surface area (TPSA) is 76.7 Å². The molecule has 7 heteroatoms. The molecule has 1 atom stereocenters. The summed E-state index contributed by atoms with van der Waals surface area (Å²) in [7, 11) is 1.68. The quantitative estimate of drug-likeness (QED) is 0.904. The fourth-order valence-electron chi connectivity index (χ4n) is 3.05. The first-order chi connectivity index (χ1) is 11.7. The highest BCUT2D eigenvalue weighted by Crippen LogP contribution is 2.22. The number of likely N-dealkylation sites (tertiary alicyclic amines) is 1. The molecule has 1 amide bonds. The second-order valence-electron chi connectivity index (χ2n) is 7.52. The van der Waals surface area contributed by atoms with Crippen LogP contribution in [0.1, 0.15) is 33.6 Å². The lowest BCUT2D eigenvalue weighted by Gasteiger charge is -2.34. The van der Waals surface area contributed by atoms with E-state index in [0.717, 1.165) is 24.0 Å². The van der Waals surface area contributed by atoms with E-state index in [1.165, 1.54) is 4.57 Å². The fourth-order valence-corrected chi connectivity index (χ4v) is 3.05. The summed E-state index contributed by atoms with van der Waals surface area (Å²) in [6.07, 6.45) is 1.61. The van der Waals surface area contributed by atoms with Crippen LogP contribution in [0.3, 0.4) is 0 Å². The number of nitrogens with one attached hydrogen (secondary N) is 1. The molecule has 0 unspecified atom stereocenters. The van der Waals surface area contributed by atoms with Crippen LogP contribution >= 0.6 is 0 Å². The number of hydrogen-bond acceptors (Lipinski definition) is 5. The molecule has 0 aliphatic carbocycles. The van der Waals surface area contributed by atoms with Gasteiger partial charge >= 0.3 is 11.8 Å². The van der Waals surface area contributed by atoms with Crippen LogP contribution in [-0.4, -0.2) is 40.3 Å². The smallest absolute Gasteiger partial charge is 0.419 e. The Hall–Kier alpha value is -2.44. The molecule has 1 aliphatic heterocycles. The summed E-state index contributed by atoms with van der Waals surface area (Å²) in [6, 6.07) is 5.73. The Bertz CT molecular complexity index is 831. The standard InChI is InChI=1S/C18H25N3O4/c1-18(2,3)25-17(23)21-9-5-6-13(11-21)19-12-7-8-14-15(10-12)24-16(22)20(14)4/h7-8,10,13,19H,5-6,9,11H2,1-4H3/t13-/m1/s1. The van der Waals surface area contributed by atoms with Crippen LogP contribution in [0, 0.1) is 0 Å². The number of aryl methyl sites for hydroxylation is 1. The normalized spacial score (nSPS) is 18.4. The van der Waals surface area contributed by atoms with E-state index in [2.05, 4.69) is 5.32 Å². The maximum atomic E-state index is 12.3. The number of nitrogens with zero attached hydrogens (tertiary/aromatic N) is 2. The van der Waals surface area contributed by atoms with Gasteiger partial charge in [0, 0.05) is 37.9 Å². The largest absolute Gasteiger partial charge is 0.444 e. The molecule has 0 spiro atoms. The molecular weight excluding hydrogens is 322 g/mol. The van der Waals surface area contributed by atoms with Gasteiger partial charge in [-0.2, -0.15) is 0 Å². The zero-order chi connectivity index (χ0) is 18.2. The summed E-state index contributed by atoms with van der Waals surface area (Å²) in [4.78, 5) is 25.6. The number of piperidine rings is 1. The Morgan fingerprint density at radius 3 is 2.84 bits per heavy atom. The monoisotopic (exact) mass is 347 g/mol. The van der Waals surface area contributed by atoms with Crippen LogP contribution in [0.4, 0.5) is 10.5 Å². The predicted molar refractivity (Wildman–Crippen MR) is 95.9 cm³/mol. The van der Waals surface area contributed by atoms with Crippen molar-refractivity contribution in [3.05, 3.63) is 28.7 Å². The second-order valence-corrected chi connectivity index (χ2v) is 7.52. The van der Waals surface area contributed by atoms with Crippen molar-refractivity contribution in [2.45, 2.75) is 45.3 Å². The molecule has 1 aromatic heterocycles. The number of hydrogen-bond donors (Lipinski definition) is 1. The van der Waals surface area contributed by atoms with Gasteiger partial charge in [0.25, 0.3) is 0 Å². The van der Waals surface area contributed by atoms with Gasteiger partial charge in [-0.3, -0.25) is 4.57 Å². The SMILES string of the molecule is Cn1c(=O)oc2cc(N[C@@H]3CCCN(C(=O)OC(C)(C)C)C3)ccc21. The number of carbonyl (C=O) groups is 1. The third-order valence-electron chi connectivity index (χ3n) is 4.24. The number of fused-ring (bicyclic) bond motifs is 1. The van der Waals surface area contributed by atoms with Gasteiger partial charge in [0.05, 0.1) is 5.52 Å². The molecule has 2 aromatic rings. The molecule has 3 rings (SSSR count). The Morgan fingerprint density at radius 1 is 1.36 bits per heavy atom. The minimum atomic E-state index is -0.493. The first-order valence-electron chi connectivity index (χ1n) is 8.57. The lowest BCUT2D eigenvalue weighted by Crippen LogP contribution is -2.46. The Morgan fingerprint density at radius 2 is 2.12 bits per heavy atom. The van der Waals surface area contributed by atoms with Gasteiger partial charge < -0.3 is 19.4 Å². The van der Waals surface area contributed by atoms with Gasteiger partial charge in [-0.1, -0.05) is 0 Å².